The molecule has 0 radical (unpaired) electrons. The molecule has 2 aliphatic carbocycles. The third-order valence-electron chi connectivity index (χ3n) is 4.56. The van der Waals surface area contributed by atoms with Gasteiger partial charge in [-0.3, -0.25) is 4.79 Å². The van der Waals surface area contributed by atoms with Crippen LogP contribution in [0.2, 0.25) is 0 Å². The van der Waals surface area contributed by atoms with Crippen LogP contribution in [-0.2, 0) is 14.9 Å². The molecule has 2 saturated carbocycles. The molecule has 2 fully saturated rings. The van der Waals surface area contributed by atoms with E-state index in [2.05, 4.69) is 5.32 Å². The highest BCUT2D eigenvalue weighted by atomic mass is 16.5. The van der Waals surface area contributed by atoms with Gasteiger partial charge in [-0.15, -0.1) is 0 Å². The summed E-state index contributed by atoms with van der Waals surface area (Å²) in [5, 5.41) is 3.11. The van der Waals surface area contributed by atoms with E-state index in [1.165, 1.54) is 0 Å². The molecule has 3 rings (SSSR count). The summed E-state index contributed by atoms with van der Waals surface area (Å²) in [5.41, 5.74) is 6.78. The lowest BCUT2D eigenvalue weighted by Crippen LogP contribution is -2.65. The van der Waals surface area contributed by atoms with Crippen LogP contribution < -0.4 is 11.1 Å². The van der Waals surface area contributed by atoms with Crippen molar-refractivity contribution in [3.05, 3.63) is 35.9 Å². The Hall–Kier alpha value is -1.39. The lowest BCUT2D eigenvalue weighted by Gasteiger charge is -2.43. The van der Waals surface area contributed by atoms with E-state index in [1.54, 1.807) is 0 Å². The van der Waals surface area contributed by atoms with E-state index in [-0.39, 0.29) is 29.5 Å². The molecule has 3 N–H and O–H groups in total. The predicted octanol–water partition coefficient (Wildman–Crippen LogP) is 1.34. The molecule has 1 amide bonds. The summed E-state index contributed by atoms with van der Waals surface area (Å²) >= 11 is 0. The molecule has 0 aromatic heterocycles. The lowest BCUT2D eigenvalue weighted by molar-refractivity contribution is -0.128. The summed E-state index contributed by atoms with van der Waals surface area (Å²) in [4.78, 5) is 12.6. The fourth-order valence-electron chi connectivity index (χ4n) is 3.05. The highest BCUT2D eigenvalue weighted by Crippen LogP contribution is 2.48. The van der Waals surface area contributed by atoms with Crippen molar-refractivity contribution in [3.63, 3.8) is 0 Å². The zero-order valence-electron chi connectivity index (χ0n) is 11.8. The summed E-state index contributed by atoms with van der Waals surface area (Å²) < 4.78 is 5.61. The maximum absolute atomic E-state index is 12.6. The number of carbonyl (C=O) groups excluding carboxylic acids is 1. The first-order chi connectivity index (χ1) is 9.67. The Morgan fingerprint density at radius 3 is 2.65 bits per heavy atom. The topological polar surface area (TPSA) is 64.3 Å². The van der Waals surface area contributed by atoms with Crippen LogP contribution in [0.15, 0.2) is 30.3 Å². The molecule has 0 aliphatic heterocycles. The Kier molecular flexibility index (Phi) is 3.52. The molecule has 108 valence electrons. The molecule has 2 aliphatic rings. The highest BCUT2D eigenvalue weighted by Gasteiger charge is 2.53. The molecular weight excluding hydrogens is 252 g/mol. The van der Waals surface area contributed by atoms with Crippen molar-refractivity contribution < 1.29 is 9.53 Å². The Morgan fingerprint density at radius 2 is 2.10 bits per heavy atom. The van der Waals surface area contributed by atoms with Crippen LogP contribution >= 0.6 is 0 Å². The van der Waals surface area contributed by atoms with Crippen LogP contribution in [-0.4, -0.2) is 30.7 Å². The minimum Gasteiger partial charge on any atom is -0.376 e. The van der Waals surface area contributed by atoms with Gasteiger partial charge in [-0.05, 0) is 31.7 Å². The van der Waals surface area contributed by atoms with Gasteiger partial charge in [0.25, 0.3) is 0 Å². The molecule has 1 aromatic carbocycles. The van der Waals surface area contributed by atoms with Gasteiger partial charge in [0, 0.05) is 12.6 Å². The first-order valence-corrected chi connectivity index (χ1v) is 7.41. The zero-order valence-corrected chi connectivity index (χ0v) is 11.8. The molecule has 0 spiro atoms. The normalized spacial score (nSPS) is 30.4. The zero-order chi connectivity index (χ0) is 14.2. The molecular formula is C16H22N2O2. The maximum atomic E-state index is 12.6. The Balaban J connectivity index is 1.68. The van der Waals surface area contributed by atoms with Crippen molar-refractivity contribution >= 4 is 5.91 Å². The number of ether oxygens (including phenoxy) is 1. The minimum absolute atomic E-state index is 0.0158. The summed E-state index contributed by atoms with van der Waals surface area (Å²) in [5.74, 6) is 0.105. The van der Waals surface area contributed by atoms with E-state index < -0.39 is 0 Å². The van der Waals surface area contributed by atoms with E-state index in [9.17, 15) is 4.79 Å². The van der Waals surface area contributed by atoms with Crippen LogP contribution in [0.4, 0.5) is 0 Å². The second-order valence-electron chi connectivity index (χ2n) is 5.84. The minimum atomic E-state index is -0.326. The molecule has 0 bridgehead atoms. The van der Waals surface area contributed by atoms with Gasteiger partial charge in [0.1, 0.15) is 0 Å². The van der Waals surface area contributed by atoms with Crippen LogP contribution in [0.5, 0.6) is 0 Å². The van der Waals surface area contributed by atoms with Gasteiger partial charge in [-0.25, -0.2) is 0 Å². The van der Waals surface area contributed by atoms with E-state index in [0.717, 1.165) is 24.8 Å². The van der Waals surface area contributed by atoms with Crippen molar-refractivity contribution in [1.29, 1.82) is 0 Å². The van der Waals surface area contributed by atoms with Gasteiger partial charge >= 0.3 is 0 Å². The van der Waals surface area contributed by atoms with Gasteiger partial charge in [-0.1, -0.05) is 30.3 Å². The molecule has 20 heavy (non-hydrogen) atoms. The molecule has 0 saturated heterocycles. The predicted molar refractivity (Wildman–Crippen MR) is 77.3 cm³/mol. The maximum Gasteiger partial charge on any atom is 0.231 e. The van der Waals surface area contributed by atoms with Gasteiger partial charge in [0.05, 0.1) is 17.6 Å². The monoisotopic (exact) mass is 274 g/mol. The molecule has 4 nitrogen and oxygen atoms in total. The average molecular weight is 274 g/mol. The van der Waals surface area contributed by atoms with Gasteiger partial charge < -0.3 is 15.8 Å². The van der Waals surface area contributed by atoms with Crippen LogP contribution in [0, 0.1) is 0 Å². The number of hydrogen-bond donors (Lipinski definition) is 2. The number of nitrogens with one attached hydrogen (secondary N) is 1. The smallest absolute Gasteiger partial charge is 0.231 e. The summed E-state index contributed by atoms with van der Waals surface area (Å²) in [6.45, 7) is 2.63. The largest absolute Gasteiger partial charge is 0.376 e. The quantitative estimate of drug-likeness (QED) is 0.851. The third-order valence-corrected chi connectivity index (χ3v) is 4.56. The van der Waals surface area contributed by atoms with Crippen molar-refractivity contribution in [2.45, 2.75) is 49.8 Å². The first-order valence-electron chi connectivity index (χ1n) is 7.41. The molecule has 3 unspecified atom stereocenters. The van der Waals surface area contributed by atoms with Crippen molar-refractivity contribution in [2.75, 3.05) is 6.61 Å². The lowest BCUT2D eigenvalue weighted by atomic mass is 9.82. The number of nitrogens with two attached hydrogens (primary N) is 1. The molecule has 3 atom stereocenters. The van der Waals surface area contributed by atoms with Crippen molar-refractivity contribution in [1.82, 2.24) is 5.32 Å². The van der Waals surface area contributed by atoms with Crippen molar-refractivity contribution in [3.8, 4) is 0 Å². The average Bonchev–Trinajstić information content (AvgIpc) is 3.27. The second-order valence-corrected chi connectivity index (χ2v) is 5.84. The van der Waals surface area contributed by atoms with Crippen LogP contribution in [0.25, 0.3) is 0 Å². The van der Waals surface area contributed by atoms with Crippen LogP contribution in [0.1, 0.15) is 31.7 Å². The van der Waals surface area contributed by atoms with E-state index in [1.807, 2.05) is 37.3 Å². The fraction of sp³-hybridized carbons (Fsp3) is 0.562. The Morgan fingerprint density at radius 1 is 1.40 bits per heavy atom. The molecule has 1 aromatic rings. The SMILES string of the molecule is CCOC1CC(N)C1NC(=O)C1(c2ccccc2)CC1. The number of rotatable bonds is 5. The number of hydrogen-bond acceptors (Lipinski definition) is 3. The molecule has 0 heterocycles. The van der Waals surface area contributed by atoms with Gasteiger partial charge in [-0.2, -0.15) is 0 Å². The van der Waals surface area contributed by atoms with E-state index in [4.69, 9.17) is 10.5 Å². The highest BCUT2D eigenvalue weighted by molar-refractivity contribution is 5.91. The van der Waals surface area contributed by atoms with E-state index >= 15 is 0 Å². The molecule has 4 heteroatoms. The third kappa shape index (κ3) is 2.23. The summed E-state index contributed by atoms with van der Waals surface area (Å²) in [6.07, 6.45) is 2.75. The number of carbonyl (C=O) groups is 1. The Bertz CT molecular complexity index is 483. The van der Waals surface area contributed by atoms with Gasteiger partial charge in [0.2, 0.25) is 5.91 Å². The van der Waals surface area contributed by atoms with Crippen molar-refractivity contribution in [2.24, 2.45) is 5.73 Å². The van der Waals surface area contributed by atoms with E-state index in [0.29, 0.717) is 6.61 Å². The fourth-order valence-corrected chi connectivity index (χ4v) is 3.05. The summed E-state index contributed by atoms with van der Waals surface area (Å²) in [6, 6.07) is 10.00. The number of amides is 1. The van der Waals surface area contributed by atoms with Gasteiger partial charge in [0.15, 0.2) is 0 Å². The standard InChI is InChI=1S/C16H22N2O2/c1-2-20-13-10-12(17)14(13)18-15(19)16(8-9-16)11-6-4-3-5-7-11/h3-7,12-14H,2,8-10,17H2,1H3,(H,18,19). The number of benzene rings is 1. The Labute approximate surface area is 119 Å². The first kappa shape index (κ1) is 13.6. The van der Waals surface area contributed by atoms with Crippen LogP contribution in [0.3, 0.4) is 0 Å². The summed E-state index contributed by atoms with van der Waals surface area (Å²) in [7, 11) is 0. The second kappa shape index (κ2) is 5.19.